The molecule has 0 unspecified atom stereocenters. The maximum Gasteiger partial charge on any atom is 0.414 e. The van der Waals surface area contributed by atoms with Gasteiger partial charge in [-0.1, -0.05) is 6.07 Å². The number of carboxylic acids is 2. The van der Waals surface area contributed by atoms with Crippen molar-refractivity contribution in [2.45, 2.75) is 38.3 Å². The molecule has 1 aliphatic carbocycles. The molecule has 0 radical (unpaired) electrons. The highest BCUT2D eigenvalue weighted by Gasteiger charge is 2.20. The van der Waals surface area contributed by atoms with Crippen molar-refractivity contribution >= 4 is 17.7 Å². The quantitative estimate of drug-likeness (QED) is 0.689. The van der Waals surface area contributed by atoms with Crippen LogP contribution in [-0.2, 0) is 20.9 Å². The van der Waals surface area contributed by atoms with Crippen LogP contribution in [0, 0.1) is 0 Å². The fourth-order valence-electron chi connectivity index (χ4n) is 1.80. The van der Waals surface area contributed by atoms with Crippen LogP contribution in [-0.4, -0.2) is 39.0 Å². The predicted octanol–water partition coefficient (Wildman–Crippen LogP) is 0.586. The van der Waals surface area contributed by atoms with Crippen LogP contribution in [0.2, 0.25) is 0 Å². The lowest BCUT2D eigenvalue weighted by atomic mass is 9.96. The predicted molar refractivity (Wildman–Crippen MR) is 75.3 cm³/mol. The number of carboxylic acid groups (broad SMARTS) is 2. The van der Waals surface area contributed by atoms with Gasteiger partial charge in [0, 0.05) is 31.6 Å². The number of aliphatic carboxylic acids is 2. The average molecular weight is 310 g/mol. The van der Waals surface area contributed by atoms with Gasteiger partial charge in [0.2, 0.25) is 5.88 Å². The SMILES string of the molecule is NCc1ccc(OC2CCC(=O)CC2)nc1.O=C(O)C(=O)O. The van der Waals surface area contributed by atoms with Gasteiger partial charge >= 0.3 is 11.9 Å². The van der Waals surface area contributed by atoms with Crippen LogP contribution in [0.5, 0.6) is 5.88 Å². The zero-order valence-electron chi connectivity index (χ0n) is 11.9. The molecule has 0 atom stereocenters. The zero-order valence-corrected chi connectivity index (χ0v) is 11.9. The molecule has 0 spiro atoms. The minimum absolute atomic E-state index is 0.133. The van der Waals surface area contributed by atoms with E-state index in [1.165, 1.54) is 0 Å². The molecule has 1 heterocycles. The van der Waals surface area contributed by atoms with Crippen molar-refractivity contribution in [1.82, 2.24) is 4.98 Å². The molecule has 8 heteroatoms. The number of nitrogens with zero attached hydrogens (tertiary/aromatic N) is 1. The smallest absolute Gasteiger partial charge is 0.414 e. The third-order valence-corrected chi connectivity index (χ3v) is 2.99. The Morgan fingerprint density at radius 2 is 1.82 bits per heavy atom. The maximum absolute atomic E-state index is 11.1. The monoisotopic (exact) mass is 310 g/mol. The number of carbonyl (C=O) groups excluding carboxylic acids is 1. The Balaban J connectivity index is 0.000000346. The molecule has 4 N–H and O–H groups in total. The van der Waals surface area contributed by atoms with Gasteiger partial charge < -0.3 is 20.7 Å². The van der Waals surface area contributed by atoms with Gasteiger partial charge in [-0.05, 0) is 18.4 Å². The first-order valence-electron chi connectivity index (χ1n) is 6.72. The van der Waals surface area contributed by atoms with Crippen LogP contribution in [0.3, 0.4) is 0 Å². The molecule has 1 saturated carbocycles. The first-order chi connectivity index (χ1) is 10.4. The van der Waals surface area contributed by atoms with Crippen molar-refractivity contribution in [3.63, 3.8) is 0 Å². The summed E-state index contributed by atoms with van der Waals surface area (Å²) in [5, 5.41) is 14.8. The minimum Gasteiger partial charge on any atom is -0.474 e. The zero-order chi connectivity index (χ0) is 16.5. The summed E-state index contributed by atoms with van der Waals surface area (Å²) in [6.45, 7) is 0.491. The van der Waals surface area contributed by atoms with Gasteiger partial charge in [-0.3, -0.25) is 4.79 Å². The molecular formula is C14H18N2O6. The van der Waals surface area contributed by atoms with Crippen molar-refractivity contribution in [1.29, 1.82) is 0 Å². The maximum atomic E-state index is 11.1. The number of ketones is 1. The Morgan fingerprint density at radius 1 is 1.23 bits per heavy atom. The Hall–Kier alpha value is -2.48. The molecular weight excluding hydrogens is 292 g/mol. The van der Waals surface area contributed by atoms with Gasteiger partial charge in [0.05, 0.1) is 0 Å². The van der Waals surface area contributed by atoms with Crippen molar-refractivity contribution in [3.05, 3.63) is 23.9 Å². The molecule has 1 aliphatic rings. The number of ether oxygens (including phenoxy) is 1. The molecule has 2 rings (SSSR count). The summed E-state index contributed by atoms with van der Waals surface area (Å²) in [7, 11) is 0. The van der Waals surface area contributed by atoms with Crippen LogP contribution in [0.4, 0.5) is 0 Å². The number of rotatable bonds is 3. The number of carbonyl (C=O) groups is 3. The summed E-state index contributed by atoms with van der Waals surface area (Å²) in [6.07, 6.45) is 4.73. The number of aromatic nitrogens is 1. The van der Waals surface area contributed by atoms with E-state index in [4.69, 9.17) is 30.3 Å². The summed E-state index contributed by atoms with van der Waals surface area (Å²) in [4.78, 5) is 33.4. The molecule has 1 aromatic rings. The number of pyridine rings is 1. The third-order valence-electron chi connectivity index (χ3n) is 2.99. The molecule has 0 bridgehead atoms. The summed E-state index contributed by atoms with van der Waals surface area (Å²) in [6, 6.07) is 3.74. The lowest BCUT2D eigenvalue weighted by Crippen LogP contribution is -2.24. The van der Waals surface area contributed by atoms with Crippen LogP contribution in [0.1, 0.15) is 31.2 Å². The molecule has 0 aromatic carbocycles. The van der Waals surface area contributed by atoms with E-state index < -0.39 is 11.9 Å². The Bertz CT molecular complexity index is 507. The average Bonchev–Trinajstić information content (AvgIpc) is 2.51. The topological polar surface area (TPSA) is 140 Å². The second kappa shape index (κ2) is 8.73. The first-order valence-corrected chi connectivity index (χ1v) is 6.72. The number of nitrogens with two attached hydrogens (primary N) is 1. The van der Waals surface area contributed by atoms with Crippen LogP contribution < -0.4 is 10.5 Å². The lowest BCUT2D eigenvalue weighted by molar-refractivity contribution is -0.159. The highest BCUT2D eigenvalue weighted by atomic mass is 16.5. The van der Waals surface area contributed by atoms with E-state index in [0.29, 0.717) is 31.0 Å². The normalized spacial score (nSPS) is 14.7. The van der Waals surface area contributed by atoms with E-state index in [-0.39, 0.29) is 6.10 Å². The van der Waals surface area contributed by atoms with E-state index in [2.05, 4.69) is 4.98 Å². The highest BCUT2D eigenvalue weighted by Crippen LogP contribution is 2.20. The first kappa shape index (κ1) is 17.6. The third kappa shape index (κ3) is 6.31. The van der Waals surface area contributed by atoms with E-state index in [9.17, 15) is 4.79 Å². The van der Waals surface area contributed by atoms with Gasteiger partial charge in [0.1, 0.15) is 11.9 Å². The second-order valence-corrected chi connectivity index (χ2v) is 4.67. The molecule has 0 saturated heterocycles. The molecule has 1 aromatic heterocycles. The van der Waals surface area contributed by atoms with Gasteiger partial charge in [-0.25, -0.2) is 14.6 Å². The van der Waals surface area contributed by atoms with E-state index in [1.807, 2.05) is 12.1 Å². The summed E-state index contributed by atoms with van der Waals surface area (Å²) < 4.78 is 5.70. The Labute approximate surface area is 126 Å². The van der Waals surface area contributed by atoms with Gasteiger partial charge in [-0.15, -0.1) is 0 Å². The van der Waals surface area contributed by atoms with E-state index in [0.717, 1.165) is 18.4 Å². The van der Waals surface area contributed by atoms with E-state index >= 15 is 0 Å². The minimum atomic E-state index is -1.82. The fourth-order valence-corrected chi connectivity index (χ4v) is 1.80. The number of hydrogen-bond donors (Lipinski definition) is 3. The van der Waals surface area contributed by atoms with Crippen molar-refractivity contribution in [2.24, 2.45) is 5.73 Å². The largest absolute Gasteiger partial charge is 0.474 e. The van der Waals surface area contributed by atoms with Crippen LogP contribution >= 0.6 is 0 Å². The molecule has 120 valence electrons. The van der Waals surface area contributed by atoms with Gasteiger partial charge in [0.15, 0.2) is 0 Å². The van der Waals surface area contributed by atoms with Gasteiger partial charge in [0.25, 0.3) is 0 Å². The molecule has 8 nitrogen and oxygen atoms in total. The lowest BCUT2D eigenvalue weighted by Gasteiger charge is -2.21. The Morgan fingerprint density at radius 3 is 2.23 bits per heavy atom. The Kier molecular flexibility index (Phi) is 6.97. The van der Waals surface area contributed by atoms with E-state index in [1.54, 1.807) is 6.20 Å². The summed E-state index contributed by atoms with van der Waals surface area (Å²) >= 11 is 0. The van der Waals surface area contributed by atoms with Crippen molar-refractivity contribution in [2.75, 3.05) is 0 Å². The summed E-state index contributed by atoms with van der Waals surface area (Å²) in [5.74, 6) is -2.69. The van der Waals surface area contributed by atoms with Crippen LogP contribution in [0.15, 0.2) is 18.3 Å². The van der Waals surface area contributed by atoms with Crippen molar-refractivity contribution in [3.8, 4) is 5.88 Å². The number of hydrogen-bond acceptors (Lipinski definition) is 6. The van der Waals surface area contributed by atoms with Crippen LogP contribution in [0.25, 0.3) is 0 Å². The summed E-state index contributed by atoms with van der Waals surface area (Å²) in [5.41, 5.74) is 6.47. The van der Waals surface area contributed by atoms with Gasteiger partial charge in [-0.2, -0.15) is 0 Å². The fraction of sp³-hybridized carbons (Fsp3) is 0.429. The standard InChI is InChI=1S/C12H16N2O2.C2H2O4/c13-7-9-1-6-12(14-8-9)16-11-4-2-10(15)3-5-11;3-1(4)2(5)6/h1,6,8,11H,2-5,7,13H2;(H,3,4)(H,5,6). The molecule has 1 fully saturated rings. The molecule has 0 aliphatic heterocycles. The van der Waals surface area contributed by atoms with Crippen molar-refractivity contribution < 1.29 is 29.3 Å². The molecule has 0 amide bonds. The second-order valence-electron chi connectivity index (χ2n) is 4.67. The number of Topliss-reactive ketones (excluding diaryl/α,β-unsaturated/α-hetero) is 1. The molecule has 22 heavy (non-hydrogen) atoms. The highest BCUT2D eigenvalue weighted by molar-refractivity contribution is 6.27.